The zero-order valence-corrected chi connectivity index (χ0v) is 13.9. The molecule has 0 aliphatic heterocycles. The van der Waals surface area contributed by atoms with E-state index in [1.807, 2.05) is 11.3 Å². The second kappa shape index (κ2) is 6.80. The van der Waals surface area contributed by atoms with Gasteiger partial charge in [0.05, 0.1) is 0 Å². The van der Waals surface area contributed by atoms with Gasteiger partial charge in [0, 0.05) is 16.2 Å². The van der Waals surface area contributed by atoms with Gasteiger partial charge in [-0.2, -0.15) is 0 Å². The van der Waals surface area contributed by atoms with E-state index >= 15 is 0 Å². The summed E-state index contributed by atoms with van der Waals surface area (Å²) >= 11 is 1.99. The number of fused-ring (bicyclic) bond motifs is 1. The fraction of sp³-hybridized carbons (Fsp3) is 0.556. The maximum atomic E-state index is 6.00. The number of rotatable bonds is 5. The Bertz CT molecular complexity index is 560. The third kappa shape index (κ3) is 3.24. The van der Waals surface area contributed by atoms with Gasteiger partial charge in [-0.1, -0.05) is 20.3 Å². The molecule has 2 heterocycles. The van der Waals surface area contributed by atoms with Crippen LogP contribution in [0.2, 0.25) is 0 Å². The summed E-state index contributed by atoms with van der Waals surface area (Å²) in [5.74, 6) is 2.14. The SMILES string of the molecule is CCNC(c1ccc(CC)o1)c1cc2c(s1)CCCCC2. The van der Waals surface area contributed by atoms with Crippen molar-refractivity contribution in [1.29, 1.82) is 0 Å². The smallest absolute Gasteiger partial charge is 0.126 e. The highest BCUT2D eigenvalue weighted by Crippen LogP contribution is 2.35. The highest BCUT2D eigenvalue weighted by atomic mass is 32.1. The lowest BCUT2D eigenvalue weighted by Crippen LogP contribution is -2.20. The maximum absolute atomic E-state index is 6.00. The molecule has 0 bridgehead atoms. The van der Waals surface area contributed by atoms with Crippen LogP contribution < -0.4 is 5.32 Å². The first-order chi connectivity index (χ1) is 10.3. The molecule has 1 N–H and O–H groups in total. The van der Waals surface area contributed by atoms with Gasteiger partial charge in [-0.15, -0.1) is 11.3 Å². The molecule has 0 radical (unpaired) electrons. The fourth-order valence-electron chi connectivity index (χ4n) is 3.12. The normalized spacial score (nSPS) is 16.5. The highest BCUT2D eigenvalue weighted by molar-refractivity contribution is 7.12. The lowest BCUT2D eigenvalue weighted by atomic mass is 10.1. The van der Waals surface area contributed by atoms with Gasteiger partial charge in [0.25, 0.3) is 0 Å². The van der Waals surface area contributed by atoms with Crippen LogP contribution in [0.5, 0.6) is 0 Å². The first kappa shape index (κ1) is 14.9. The molecule has 0 saturated heterocycles. The topological polar surface area (TPSA) is 25.2 Å². The van der Waals surface area contributed by atoms with E-state index in [2.05, 4.69) is 37.4 Å². The Balaban J connectivity index is 1.90. The van der Waals surface area contributed by atoms with Crippen molar-refractivity contribution in [2.75, 3.05) is 6.54 Å². The Morgan fingerprint density at radius 3 is 2.81 bits per heavy atom. The molecular weight excluding hydrogens is 278 g/mol. The molecule has 3 rings (SSSR count). The highest BCUT2D eigenvalue weighted by Gasteiger charge is 2.21. The van der Waals surface area contributed by atoms with E-state index in [9.17, 15) is 0 Å². The van der Waals surface area contributed by atoms with Crippen LogP contribution in [0.3, 0.4) is 0 Å². The average molecular weight is 303 g/mol. The van der Waals surface area contributed by atoms with Crippen LogP contribution in [-0.2, 0) is 19.3 Å². The van der Waals surface area contributed by atoms with Crippen LogP contribution in [0.15, 0.2) is 22.6 Å². The Kier molecular flexibility index (Phi) is 4.81. The summed E-state index contributed by atoms with van der Waals surface area (Å²) in [6.45, 7) is 5.25. The van der Waals surface area contributed by atoms with Crippen molar-refractivity contribution in [3.05, 3.63) is 45.0 Å². The number of hydrogen-bond acceptors (Lipinski definition) is 3. The lowest BCUT2D eigenvalue weighted by Gasteiger charge is -2.14. The zero-order chi connectivity index (χ0) is 14.7. The van der Waals surface area contributed by atoms with Gasteiger partial charge in [-0.05, 0) is 56.0 Å². The number of furan rings is 1. The fourth-order valence-corrected chi connectivity index (χ4v) is 4.46. The quantitative estimate of drug-likeness (QED) is 0.797. The monoisotopic (exact) mass is 303 g/mol. The predicted molar refractivity (Wildman–Crippen MR) is 89.2 cm³/mol. The Labute approximate surface area is 131 Å². The second-order valence-corrected chi connectivity index (χ2v) is 6.97. The summed E-state index contributed by atoms with van der Waals surface area (Å²) < 4.78 is 6.00. The van der Waals surface area contributed by atoms with E-state index in [0.717, 1.165) is 24.5 Å². The van der Waals surface area contributed by atoms with Gasteiger partial charge >= 0.3 is 0 Å². The number of nitrogens with one attached hydrogen (secondary N) is 1. The largest absolute Gasteiger partial charge is 0.464 e. The second-order valence-electron chi connectivity index (χ2n) is 5.81. The molecule has 0 saturated carbocycles. The molecule has 1 aliphatic rings. The summed E-state index contributed by atoms with van der Waals surface area (Å²) in [7, 11) is 0. The van der Waals surface area contributed by atoms with Gasteiger partial charge < -0.3 is 9.73 Å². The zero-order valence-electron chi connectivity index (χ0n) is 13.1. The Hall–Kier alpha value is -1.06. The molecule has 3 heteroatoms. The standard InChI is InChI=1S/C18H25NOS/c1-3-14-10-11-15(20-14)18(19-4-2)17-12-13-8-6-5-7-9-16(13)21-17/h10-12,18-19H,3-9H2,1-2H3. The molecule has 0 spiro atoms. The van der Waals surface area contributed by atoms with Crippen LogP contribution in [0.4, 0.5) is 0 Å². The van der Waals surface area contributed by atoms with Crippen molar-refractivity contribution in [2.45, 2.75) is 58.4 Å². The number of aryl methyl sites for hydroxylation is 3. The summed E-state index contributed by atoms with van der Waals surface area (Å²) in [6.07, 6.45) is 7.54. The molecule has 2 aromatic rings. The van der Waals surface area contributed by atoms with Crippen LogP contribution >= 0.6 is 11.3 Å². The van der Waals surface area contributed by atoms with Crippen LogP contribution in [-0.4, -0.2) is 6.54 Å². The number of thiophene rings is 1. The third-order valence-corrected chi connectivity index (χ3v) is 5.58. The minimum absolute atomic E-state index is 0.215. The summed E-state index contributed by atoms with van der Waals surface area (Å²) in [5, 5.41) is 3.59. The van der Waals surface area contributed by atoms with Crippen LogP contribution in [0, 0.1) is 0 Å². The van der Waals surface area contributed by atoms with Crippen molar-refractivity contribution in [3.8, 4) is 0 Å². The minimum atomic E-state index is 0.215. The van der Waals surface area contributed by atoms with E-state index in [4.69, 9.17) is 4.42 Å². The first-order valence-electron chi connectivity index (χ1n) is 8.25. The molecule has 0 amide bonds. The molecule has 21 heavy (non-hydrogen) atoms. The summed E-state index contributed by atoms with van der Waals surface area (Å²) in [6, 6.07) is 6.88. The van der Waals surface area contributed by atoms with Crippen LogP contribution in [0.25, 0.3) is 0 Å². The van der Waals surface area contributed by atoms with Crippen molar-refractivity contribution in [3.63, 3.8) is 0 Å². The number of hydrogen-bond donors (Lipinski definition) is 1. The molecule has 1 aliphatic carbocycles. The average Bonchev–Trinajstić information content (AvgIpc) is 3.07. The summed E-state index contributed by atoms with van der Waals surface area (Å²) in [4.78, 5) is 3.02. The lowest BCUT2D eigenvalue weighted by molar-refractivity contribution is 0.428. The van der Waals surface area contributed by atoms with Crippen molar-refractivity contribution < 1.29 is 4.42 Å². The predicted octanol–water partition coefficient (Wildman–Crippen LogP) is 4.87. The van der Waals surface area contributed by atoms with E-state index < -0.39 is 0 Å². The molecule has 114 valence electrons. The molecular formula is C18H25NOS. The van der Waals surface area contributed by atoms with Gasteiger partial charge in [0.1, 0.15) is 17.6 Å². The van der Waals surface area contributed by atoms with E-state index in [0.29, 0.717) is 0 Å². The van der Waals surface area contributed by atoms with Gasteiger partial charge in [-0.3, -0.25) is 0 Å². The van der Waals surface area contributed by atoms with Crippen LogP contribution in [0.1, 0.15) is 66.0 Å². The van der Waals surface area contributed by atoms with Crippen molar-refractivity contribution in [2.24, 2.45) is 0 Å². The third-order valence-electron chi connectivity index (χ3n) is 4.27. The maximum Gasteiger partial charge on any atom is 0.126 e. The van der Waals surface area contributed by atoms with Crippen molar-refractivity contribution in [1.82, 2.24) is 5.32 Å². The Morgan fingerprint density at radius 2 is 2.05 bits per heavy atom. The minimum Gasteiger partial charge on any atom is -0.464 e. The molecule has 1 atom stereocenters. The Morgan fingerprint density at radius 1 is 1.19 bits per heavy atom. The van der Waals surface area contributed by atoms with E-state index in [-0.39, 0.29) is 6.04 Å². The molecule has 0 fully saturated rings. The van der Waals surface area contributed by atoms with Gasteiger partial charge in [0.2, 0.25) is 0 Å². The van der Waals surface area contributed by atoms with Gasteiger partial charge in [-0.25, -0.2) is 0 Å². The molecule has 2 aromatic heterocycles. The first-order valence-corrected chi connectivity index (χ1v) is 9.07. The molecule has 0 aromatic carbocycles. The van der Waals surface area contributed by atoms with Crippen molar-refractivity contribution >= 4 is 11.3 Å². The molecule has 1 unspecified atom stereocenters. The van der Waals surface area contributed by atoms with Gasteiger partial charge in [0.15, 0.2) is 0 Å². The van der Waals surface area contributed by atoms with E-state index in [1.165, 1.54) is 37.0 Å². The molecule has 2 nitrogen and oxygen atoms in total. The summed E-state index contributed by atoms with van der Waals surface area (Å²) in [5.41, 5.74) is 1.58. The van der Waals surface area contributed by atoms with E-state index in [1.54, 1.807) is 10.4 Å².